The monoisotopic (exact) mass is 255 g/mol. The summed E-state index contributed by atoms with van der Waals surface area (Å²) < 4.78 is 11.1. The van der Waals surface area contributed by atoms with Gasteiger partial charge in [-0.2, -0.15) is 0 Å². The lowest BCUT2D eigenvalue weighted by atomic mass is 9.79. The van der Waals surface area contributed by atoms with Crippen molar-refractivity contribution in [1.82, 2.24) is 4.90 Å². The number of ether oxygens (including phenoxy) is 2. The summed E-state index contributed by atoms with van der Waals surface area (Å²) in [5.41, 5.74) is -0.0405. The molecule has 0 aromatic carbocycles. The fourth-order valence-electron chi connectivity index (χ4n) is 3.05. The minimum Gasteiger partial charge on any atom is -0.385 e. The highest BCUT2D eigenvalue weighted by Crippen LogP contribution is 2.38. The van der Waals surface area contributed by atoms with Gasteiger partial charge in [-0.1, -0.05) is 13.8 Å². The van der Waals surface area contributed by atoms with Gasteiger partial charge in [0, 0.05) is 26.2 Å². The predicted octanol–water partition coefficient (Wildman–Crippen LogP) is 1.69. The number of carbonyl (C=O) groups excluding carboxylic acids is 1. The van der Waals surface area contributed by atoms with E-state index < -0.39 is 0 Å². The summed E-state index contributed by atoms with van der Waals surface area (Å²) in [7, 11) is 1.75. The zero-order valence-corrected chi connectivity index (χ0v) is 11.8. The first-order valence-corrected chi connectivity index (χ1v) is 6.98. The Morgan fingerprint density at radius 2 is 2.22 bits per heavy atom. The minimum absolute atomic E-state index is 0.0405. The maximum Gasteiger partial charge on any atom is 0.225 e. The van der Waals surface area contributed by atoms with Gasteiger partial charge in [0.15, 0.2) is 0 Å². The Morgan fingerprint density at radius 1 is 1.50 bits per heavy atom. The quantitative estimate of drug-likeness (QED) is 0.767. The fourth-order valence-corrected chi connectivity index (χ4v) is 3.05. The maximum absolute atomic E-state index is 11.9. The number of hydrogen-bond donors (Lipinski definition) is 0. The van der Waals surface area contributed by atoms with Gasteiger partial charge in [-0.25, -0.2) is 0 Å². The van der Waals surface area contributed by atoms with Crippen LogP contribution in [0, 0.1) is 11.8 Å². The van der Waals surface area contributed by atoms with Crippen LogP contribution in [0.3, 0.4) is 0 Å². The molecule has 2 heterocycles. The molecule has 2 aliphatic rings. The van der Waals surface area contributed by atoms with Crippen molar-refractivity contribution in [2.45, 2.75) is 38.7 Å². The molecule has 0 aromatic heterocycles. The number of nitrogens with zero attached hydrogens (tertiary/aromatic N) is 1. The van der Waals surface area contributed by atoms with E-state index in [1.165, 1.54) is 0 Å². The lowest BCUT2D eigenvalue weighted by molar-refractivity contribution is -0.191. The molecule has 0 bridgehead atoms. The van der Waals surface area contributed by atoms with Gasteiger partial charge >= 0.3 is 0 Å². The van der Waals surface area contributed by atoms with Crippen LogP contribution in [-0.2, 0) is 14.3 Å². The van der Waals surface area contributed by atoms with Crippen molar-refractivity contribution < 1.29 is 14.3 Å². The Balaban J connectivity index is 1.82. The van der Waals surface area contributed by atoms with E-state index in [0.29, 0.717) is 5.92 Å². The van der Waals surface area contributed by atoms with Gasteiger partial charge in [0.2, 0.25) is 5.91 Å². The third kappa shape index (κ3) is 2.86. The maximum atomic E-state index is 11.9. The van der Waals surface area contributed by atoms with Crippen molar-refractivity contribution >= 4 is 5.91 Å². The van der Waals surface area contributed by atoms with Crippen LogP contribution in [-0.4, -0.2) is 49.8 Å². The Labute approximate surface area is 110 Å². The second kappa shape index (κ2) is 5.57. The van der Waals surface area contributed by atoms with Gasteiger partial charge in [0.05, 0.1) is 13.1 Å². The summed E-state index contributed by atoms with van der Waals surface area (Å²) >= 11 is 0. The fraction of sp³-hybridized carbons (Fsp3) is 0.929. The van der Waals surface area contributed by atoms with Crippen molar-refractivity contribution in [3.8, 4) is 0 Å². The molecule has 104 valence electrons. The molecule has 2 saturated heterocycles. The SMILES string of the molecule is COCC[C@H]1CCOC2(C1)CN(C(=O)C(C)C)C2. The van der Waals surface area contributed by atoms with Crippen molar-refractivity contribution in [3.05, 3.63) is 0 Å². The summed E-state index contributed by atoms with van der Waals surface area (Å²) in [6, 6.07) is 0. The molecule has 2 aliphatic heterocycles. The van der Waals surface area contributed by atoms with E-state index in [4.69, 9.17) is 9.47 Å². The molecule has 0 radical (unpaired) electrons. The molecule has 4 heteroatoms. The highest BCUT2D eigenvalue weighted by Gasteiger charge is 2.49. The molecule has 0 N–H and O–H groups in total. The van der Waals surface area contributed by atoms with E-state index in [2.05, 4.69) is 0 Å². The molecule has 1 amide bonds. The Kier molecular flexibility index (Phi) is 4.28. The van der Waals surface area contributed by atoms with E-state index in [1.807, 2.05) is 18.7 Å². The second-order valence-corrected chi connectivity index (χ2v) is 6.02. The van der Waals surface area contributed by atoms with Crippen molar-refractivity contribution in [2.24, 2.45) is 11.8 Å². The zero-order chi connectivity index (χ0) is 13.2. The van der Waals surface area contributed by atoms with E-state index in [0.717, 1.165) is 45.6 Å². The standard InChI is InChI=1S/C14H25NO3/c1-11(2)13(16)15-9-14(10-15)8-12(4-6-17-3)5-7-18-14/h11-12H,4-10H2,1-3H3/t12-/m0/s1. The Morgan fingerprint density at radius 3 is 2.83 bits per heavy atom. The van der Waals surface area contributed by atoms with Crippen LogP contribution in [0.1, 0.15) is 33.1 Å². The molecular weight excluding hydrogens is 230 g/mol. The molecule has 2 rings (SSSR count). The number of rotatable bonds is 4. The Hall–Kier alpha value is -0.610. The number of amides is 1. The van der Waals surface area contributed by atoms with Gasteiger partial charge < -0.3 is 14.4 Å². The first kappa shape index (κ1) is 13.8. The Bertz CT molecular complexity index is 297. The topological polar surface area (TPSA) is 38.8 Å². The molecule has 2 fully saturated rings. The van der Waals surface area contributed by atoms with E-state index in [-0.39, 0.29) is 17.4 Å². The zero-order valence-electron chi connectivity index (χ0n) is 11.8. The van der Waals surface area contributed by atoms with E-state index >= 15 is 0 Å². The van der Waals surface area contributed by atoms with Gasteiger partial charge in [-0.15, -0.1) is 0 Å². The van der Waals surface area contributed by atoms with Crippen LogP contribution in [0.15, 0.2) is 0 Å². The molecule has 1 spiro atoms. The summed E-state index contributed by atoms with van der Waals surface area (Å²) in [6.45, 7) is 7.14. The first-order valence-electron chi connectivity index (χ1n) is 6.98. The van der Waals surface area contributed by atoms with Crippen LogP contribution < -0.4 is 0 Å². The van der Waals surface area contributed by atoms with Crippen LogP contribution in [0.25, 0.3) is 0 Å². The lowest BCUT2D eigenvalue weighted by Gasteiger charge is -2.53. The summed E-state index contributed by atoms with van der Waals surface area (Å²) in [5.74, 6) is 1.04. The normalized spacial score (nSPS) is 26.4. The summed E-state index contributed by atoms with van der Waals surface area (Å²) in [6.07, 6.45) is 3.32. The van der Waals surface area contributed by atoms with E-state index in [9.17, 15) is 4.79 Å². The van der Waals surface area contributed by atoms with Gasteiger partial charge in [0.1, 0.15) is 5.60 Å². The first-order chi connectivity index (χ1) is 8.56. The van der Waals surface area contributed by atoms with Crippen molar-refractivity contribution in [1.29, 1.82) is 0 Å². The van der Waals surface area contributed by atoms with Crippen LogP contribution in [0.2, 0.25) is 0 Å². The molecule has 0 saturated carbocycles. The smallest absolute Gasteiger partial charge is 0.225 e. The minimum atomic E-state index is -0.0405. The highest BCUT2D eigenvalue weighted by atomic mass is 16.5. The molecule has 1 atom stereocenters. The molecule has 0 aromatic rings. The summed E-state index contributed by atoms with van der Waals surface area (Å²) in [5, 5.41) is 0. The number of methoxy groups -OCH3 is 1. The second-order valence-electron chi connectivity index (χ2n) is 6.02. The number of hydrogen-bond acceptors (Lipinski definition) is 3. The van der Waals surface area contributed by atoms with Gasteiger partial charge in [-0.05, 0) is 25.2 Å². The molecule has 0 unspecified atom stereocenters. The van der Waals surface area contributed by atoms with Crippen molar-refractivity contribution in [2.75, 3.05) is 33.4 Å². The van der Waals surface area contributed by atoms with Crippen LogP contribution >= 0.6 is 0 Å². The average molecular weight is 255 g/mol. The third-order valence-corrected chi connectivity index (χ3v) is 4.09. The van der Waals surface area contributed by atoms with Crippen LogP contribution in [0.4, 0.5) is 0 Å². The highest BCUT2D eigenvalue weighted by molar-refractivity contribution is 5.79. The van der Waals surface area contributed by atoms with Crippen LogP contribution in [0.5, 0.6) is 0 Å². The van der Waals surface area contributed by atoms with Crippen molar-refractivity contribution in [3.63, 3.8) is 0 Å². The van der Waals surface area contributed by atoms with Gasteiger partial charge in [-0.3, -0.25) is 4.79 Å². The third-order valence-electron chi connectivity index (χ3n) is 4.09. The molecule has 18 heavy (non-hydrogen) atoms. The lowest BCUT2D eigenvalue weighted by Crippen LogP contribution is -2.67. The van der Waals surface area contributed by atoms with E-state index in [1.54, 1.807) is 7.11 Å². The number of likely N-dealkylation sites (tertiary alicyclic amines) is 1. The largest absolute Gasteiger partial charge is 0.385 e. The molecule has 0 aliphatic carbocycles. The predicted molar refractivity (Wildman–Crippen MR) is 69.3 cm³/mol. The summed E-state index contributed by atoms with van der Waals surface area (Å²) in [4.78, 5) is 13.8. The number of carbonyl (C=O) groups is 1. The molecular formula is C14H25NO3. The molecule has 4 nitrogen and oxygen atoms in total. The van der Waals surface area contributed by atoms with Gasteiger partial charge in [0.25, 0.3) is 0 Å². The average Bonchev–Trinajstić information content (AvgIpc) is 2.32.